The van der Waals surface area contributed by atoms with E-state index in [-0.39, 0.29) is 18.9 Å². The van der Waals surface area contributed by atoms with Gasteiger partial charge in [0.15, 0.2) is 0 Å². The van der Waals surface area contributed by atoms with Crippen LogP contribution < -0.4 is 14.4 Å². The predicted octanol–water partition coefficient (Wildman–Crippen LogP) is 3.80. The van der Waals surface area contributed by atoms with Gasteiger partial charge in [0.1, 0.15) is 5.75 Å². The van der Waals surface area contributed by atoms with Crippen molar-refractivity contribution in [2.75, 3.05) is 36.5 Å². The highest BCUT2D eigenvalue weighted by molar-refractivity contribution is 7.99. The van der Waals surface area contributed by atoms with E-state index in [2.05, 4.69) is 5.32 Å². The molecule has 0 aliphatic heterocycles. The molecular formula is C20H25ClN2O4S2. The maximum atomic E-state index is 12.1. The lowest BCUT2D eigenvalue weighted by Gasteiger charge is -2.22. The molecule has 1 amide bonds. The summed E-state index contributed by atoms with van der Waals surface area (Å²) in [7, 11) is -1.93. The number of sulfonamides is 1. The number of nitrogens with zero attached hydrogens (tertiary/aromatic N) is 1. The number of hydrogen-bond donors (Lipinski definition) is 1. The van der Waals surface area contributed by atoms with Crippen LogP contribution in [-0.2, 0) is 14.8 Å². The van der Waals surface area contributed by atoms with Crippen molar-refractivity contribution in [3.63, 3.8) is 0 Å². The van der Waals surface area contributed by atoms with E-state index in [0.29, 0.717) is 29.4 Å². The molecule has 0 spiro atoms. The molecule has 0 aromatic heterocycles. The monoisotopic (exact) mass is 456 g/mol. The standard InChI is InChI=1S/C20H25ClN2O4S2/c1-27-18-6-3-5-17(15-18)23(29(2,25)26)13-4-7-20(24)22-12-14-28-19-10-8-16(21)9-11-19/h3,5-6,8-11,15H,4,7,12-14H2,1-2H3,(H,22,24). The molecule has 0 atom stereocenters. The van der Waals surface area contributed by atoms with Crippen LogP contribution in [0.4, 0.5) is 5.69 Å². The van der Waals surface area contributed by atoms with Crippen molar-refractivity contribution >= 4 is 45.0 Å². The third kappa shape index (κ3) is 8.16. The zero-order chi connectivity index (χ0) is 21.3. The van der Waals surface area contributed by atoms with Crippen LogP contribution in [0.25, 0.3) is 0 Å². The summed E-state index contributed by atoms with van der Waals surface area (Å²) in [6.07, 6.45) is 1.82. The Labute approximate surface area is 181 Å². The number of hydrogen-bond acceptors (Lipinski definition) is 5. The second kappa shape index (κ2) is 11.3. The minimum atomic E-state index is -3.46. The molecule has 2 aromatic carbocycles. The van der Waals surface area contributed by atoms with E-state index in [1.165, 1.54) is 11.4 Å². The van der Waals surface area contributed by atoms with Gasteiger partial charge >= 0.3 is 0 Å². The van der Waals surface area contributed by atoms with Gasteiger partial charge in [0.05, 0.1) is 19.1 Å². The van der Waals surface area contributed by atoms with Crippen LogP contribution >= 0.6 is 23.4 Å². The largest absolute Gasteiger partial charge is 0.497 e. The Morgan fingerprint density at radius 3 is 2.59 bits per heavy atom. The number of methoxy groups -OCH3 is 1. The van der Waals surface area contributed by atoms with E-state index in [0.717, 1.165) is 16.9 Å². The Morgan fingerprint density at radius 2 is 1.93 bits per heavy atom. The number of rotatable bonds is 11. The number of nitrogens with one attached hydrogen (secondary N) is 1. The van der Waals surface area contributed by atoms with Gasteiger partial charge < -0.3 is 10.1 Å². The smallest absolute Gasteiger partial charge is 0.232 e. The van der Waals surface area contributed by atoms with Crippen molar-refractivity contribution in [1.82, 2.24) is 5.32 Å². The van der Waals surface area contributed by atoms with E-state index in [1.807, 2.05) is 24.3 Å². The number of halogens is 1. The highest BCUT2D eigenvalue weighted by Gasteiger charge is 2.18. The molecule has 29 heavy (non-hydrogen) atoms. The molecule has 0 aliphatic carbocycles. The molecule has 0 heterocycles. The van der Waals surface area contributed by atoms with Crippen LogP contribution in [0.5, 0.6) is 5.75 Å². The van der Waals surface area contributed by atoms with Gasteiger partial charge in [0.2, 0.25) is 15.9 Å². The van der Waals surface area contributed by atoms with Crippen molar-refractivity contribution in [2.24, 2.45) is 0 Å². The van der Waals surface area contributed by atoms with E-state index >= 15 is 0 Å². The molecule has 0 saturated carbocycles. The van der Waals surface area contributed by atoms with E-state index in [9.17, 15) is 13.2 Å². The molecule has 0 aliphatic rings. The first-order valence-corrected chi connectivity index (χ1v) is 12.3. The zero-order valence-electron chi connectivity index (χ0n) is 16.4. The summed E-state index contributed by atoms with van der Waals surface area (Å²) in [4.78, 5) is 13.1. The summed E-state index contributed by atoms with van der Waals surface area (Å²) in [6, 6.07) is 14.4. The van der Waals surface area contributed by atoms with Crippen LogP contribution in [0, 0.1) is 0 Å². The molecule has 1 N–H and O–H groups in total. The summed E-state index contributed by atoms with van der Waals surface area (Å²) in [5.41, 5.74) is 0.520. The highest BCUT2D eigenvalue weighted by Crippen LogP contribution is 2.23. The van der Waals surface area contributed by atoms with Crippen molar-refractivity contribution in [2.45, 2.75) is 17.7 Å². The van der Waals surface area contributed by atoms with Crippen LogP contribution in [0.3, 0.4) is 0 Å². The average molecular weight is 457 g/mol. The molecule has 158 valence electrons. The fourth-order valence-corrected chi connectivity index (χ4v) is 4.47. The minimum Gasteiger partial charge on any atom is -0.497 e. The van der Waals surface area contributed by atoms with Gasteiger partial charge in [-0.3, -0.25) is 9.10 Å². The third-order valence-corrected chi connectivity index (χ3v) is 6.47. The first kappa shape index (κ1) is 23.4. The molecule has 0 bridgehead atoms. The summed E-state index contributed by atoms with van der Waals surface area (Å²) in [5.74, 6) is 1.22. The van der Waals surface area contributed by atoms with Gasteiger partial charge in [-0.2, -0.15) is 0 Å². The number of carbonyl (C=O) groups is 1. The number of ether oxygens (including phenoxy) is 1. The molecule has 2 rings (SSSR count). The van der Waals surface area contributed by atoms with Crippen molar-refractivity contribution in [3.05, 3.63) is 53.6 Å². The van der Waals surface area contributed by atoms with Crippen LogP contribution in [0.1, 0.15) is 12.8 Å². The lowest BCUT2D eigenvalue weighted by atomic mass is 10.2. The second-order valence-corrected chi connectivity index (χ2v) is 9.80. The summed E-state index contributed by atoms with van der Waals surface area (Å²) in [6.45, 7) is 0.761. The van der Waals surface area contributed by atoms with E-state index in [1.54, 1.807) is 36.0 Å². The van der Waals surface area contributed by atoms with Gasteiger partial charge in [0, 0.05) is 41.2 Å². The number of anilines is 1. The van der Waals surface area contributed by atoms with Crippen LogP contribution in [0.15, 0.2) is 53.4 Å². The molecule has 0 fully saturated rings. The maximum absolute atomic E-state index is 12.1. The molecule has 0 saturated heterocycles. The molecule has 6 nitrogen and oxygen atoms in total. The normalized spacial score (nSPS) is 11.1. The summed E-state index contributed by atoms with van der Waals surface area (Å²) in [5, 5.41) is 3.56. The van der Waals surface area contributed by atoms with Crippen molar-refractivity contribution < 1.29 is 17.9 Å². The lowest BCUT2D eigenvalue weighted by molar-refractivity contribution is -0.121. The van der Waals surface area contributed by atoms with Crippen molar-refractivity contribution in [3.8, 4) is 5.75 Å². The highest BCUT2D eigenvalue weighted by atomic mass is 35.5. The zero-order valence-corrected chi connectivity index (χ0v) is 18.8. The fourth-order valence-electron chi connectivity index (χ4n) is 2.61. The molecular weight excluding hydrogens is 432 g/mol. The Morgan fingerprint density at radius 1 is 1.21 bits per heavy atom. The number of amides is 1. The van der Waals surface area contributed by atoms with Crippen LogP contribution in [0.2, 0.25) is 5.02 Å². The Kier molecular flexibility index (Phi) is 9.13. The summed E-state index contributed by atoms with van der Waals surface area (Å²) >= 11 is 7.49. The second-order valence-electron chi connectivity index (χ2n) is 6.29. The third-order valence-electron chi connectivity index (χ3n) is 4.01. The van der Waals surface area contributed by atoms with Gasteiger partial charge in [0.25, 0.3) is 0 Å². The number of thioether (sulfide) groups is 1. The van der Waals surface area contributed by atoms with Gasteiger partial charge in [-0.1, -0.05) is 17.7 Å². The lowest BCUT2D eigenvalue weighted by Crippen LogP contribution is -2.32. The van der Waals surface area contributed by atoms with E-state index < -0.39 is 10.0 Å². The van der Waals surface area contributed by atoms with Gasteiger partial charge in [-0.25, -0.2) is 8.42 Å². The van der Waals surface area contributed by atoms with E-state index in [4.69, 9.17) is 16.3 Å². The predicted molar refractivity (Wildman–Crippen MR) is 120 cm³/mol. The molecule has 0 radical (unpaired) electrons. The average Bonchev–Trinajstić information content (AvgIpc) is 2.69. The quantitative estimate of drug-likeness (QED) is 0.411. The Bertz CT molecular complexity index is 905. The first-order valence-electron chi connectivity index (χ1n) is 9.06. The minimum absolute atomic E-state index is 0.0965. The first-order chi connectivity index (χ1) is 13.8. The van der Waals surface area contributed by atoms with Crippen LogP contribution in [-0.4, -0.2) is 46.5 Å². The topological polar surface area (TPSA) is 75.7 Å². The molecule has 9 heteroatoms. The van der Waals surface area contributed by atoms with Gasteiger partial charge in [-0.15, -0.1) is 11.8 Å². The van der Waals surface area contributed by atoms with Gasteiger partial charge in [-0.05, 0) is 42.8 Å². The van der Waals surface area contributed by atoms with Crippen molar-refractivity contribution in [1.29, 1.82) is 0 Å². The number of benzene rings is 2. The summed E-state index contributed by atoms with van der Waals surface area (Å²) < 4.78 is 30.7. The SMILES string of the molecule is COc1cccc(N(CCCC(=O)NCCSc2ccc(Cl)cc2)S(C)(=O)=O)c1. The maximum Gasteiger partial charge on any atom is 0.232 e. The number of carbonyl (C=O) groups excluding carboxylic acids is 1. The fraction of sp³-hybridized carbons (Fsp3) is 0.350. The molecule has 2 aromatic rings. The molecule has 0 unspecified atom stereocenters. The Balaban J connectivity index is 1.76. The Hall–Kier alpha value is -1.90.